The molecule has 6 heteroatoms. The summed E-state index contributed by atoms with van der Waals surface area (Å²) in [5.41, 5.74) is 2.45. The van der Waals surface area contributed by atoms with Crippen molar-refractivity contribution in [1.29, 1.82) is 0 Å². The number of aryl methyl sites for hydroxylation is 2. The second kappa shape index (κ2) is 7.16. The van der Waals surface area contributed by atoms with Crippen LogP contribution in [0.25, 0.3) is 0 Å². The lowest BCUT2D eigenvalue weighted by molar-refractivity contribution is -0.137. The Morgan fingerprint density at radius 1 is 1.00 bits per heavy atom. The fourth-order valence-corrected chi connectivity index (χ4v) is 5.76. The molecule has 1 aromatic rings. The first-order valence-electron chi connectivity index (χ1n) is 9.61. The number of fused-ring (bicyclic) bond motifs is 1. The molecule has 0 radical (unpaired) electrons. The Hall–Kier alpha value is -1.66. The van der Waals surface area contributed by atoms with Crippen LogP contribution in [0.1, 0.15) is 36.8 Å². The van der Waals surface area contributed by atoms with E-state index < -0.39 is 10.0 Å². The topological polar surface area (TPSA) is 57.7 Å². The van der Waals surface area contributed by atoms with Crippen molar-refractivity contribution in [2.45, 2.75) is 43.4 Å². The lowest BCUT2D eigenvalue weighted by Crippen LogP contribution is -2.51. The number of rotatable bonds is 3. The molecule has 0 N–H and O–H groups in total. The van der Waals surface area contributed by atoms with Crippen LogP contribution >= 0.6 is 0 Å². The minimum Gasteiger partial charge on any atom is -0.340 e. The summed E-state index contributed by atoms with van der Waals surface area (Å²) in [5, 5.41) is 0. The van der Waals surface area contributed by atoms with Gasteiger partial charge in [0.2, 0.25) is 15.9 Å². The number of allylic oxidation sites excluding steroid dienone is 2. The highest BCUT2D eigenvalue weighted by Crippen LogP contribution is 2.27. The van der Waals surface area contributed by atoms with Gasteiger partial charge in [-0.05, 0) is 61.8 Å². The zero-order chi connectivity index (χ0) is 18.1. The lowest BCUT2D eigenvalue weighted by atomic mass is 9.93. The van der Waals surface area contributed by atoms with E-state index in [1.54, 1.807) is 6.07 Å². The van der Waals surface area contributed by atoms with E-state index in [9.17, 15) is 13.2 Å². The van der Waals surface area contributed by atoms with Crippen molar-refractivity contribution in [3.05, 3.63) is 41.5 Å². The molecule has 0 saturated carbocycles. The van der Waals surface area contributed by atoms with Crippen molar-refractivity contribution in [3.63, 3.8) is 0 Å². The number of hydrogen-bond donors (Lipinski definition) is 0. The zero-order valence-electron chi connectivity index (χ0n) is 15.1. The van der Waals surface area contributed by atoms with Gasteiger partial charge in [-0.3, -0.25) is 4.79 Å². The SMILES string of the molecule is O=C(C1CC=CCC1)N1CCN(S(=O)(=O)c2ccc3c(c2)CCC3)CC1. The van der Waals surface area contributed by atoms with Gasteiger partial charge in [-0.25, -0.2) is 8.42 Å². The summed E-state index contributed by atoms with van der Waals surface area (Å²) in [6.45, 7) is 1.74. The first-order chi connectivity index (χ1) is 12.6. The molecule has 26 heavy (non-hydrogen) atoms. The maximum atomic E-state index is 13.0. The second-order valence-corrected chi connectivity index (χ2v) is 9.43. The predicted octanol–water partition coefficient (Wildman–Crippen LogP) is 2.36. The smallest absolute Gasteiger partial charge is 0.243 e. The molecule has 1 aromatic carbocycles. The number of carbonyl (C=O) groups is 1. The molecule has 0 spiro atoms. The van der Waals surface area contributed by atoms with Crippen LogP contribution in [0.4, 0.5) is 0 Å². The molecule has 3 aliphatic rings. The number of piperazine rings is 1. The number of carbonyl (C=O) groups excluding carboxylic acids is 1. The molecule has 0 bridgehead atoms. The van der Waals surface area contributed by atoms with Crippen LogP contribution in [0.15, 0.2) is 35.2 Å². The van der Waals surface area contributed by atoms with Crippen LogP contribution in [-0.2, 0) is 27.7 Å². The summed E-state index contributed by atoms with van der Waals surface area (Å²) in [4.78, 5) is 14.9. The Morgan fingerprint density at radius 3 is 2.50 bits per heavy atom. The van der Waals surface area contributed by atoms with Crippen molar-refractivity contribution < 1.29 is 13.2 Å². The molecule has 1 heterocycles. The number of nitrogens with zero attached hydrogens (tertiary/aromatic N) is 2. The molecular weight excluding hydrogens is 348 g/mol. The minimum atomic E-state index is -3.47. The number of hydrogen-bond acceptors (Lipinski definition) is 3. The third-order valence-electron chi connectivity index (χ3n) is 5.88. The van der Waals surface area contributed by atoms with E-state index in [4.69, 9.17) is 0 Å². The molecule has 1 aliphatic heterocycles. The third kappa shape index (κ3) is 3.32. The van der Waals surface area contributed by atoms with Crippen LogP contribution in [0.2, 0.25) is 0 Å². The molecule has 1 unspecified atom stereocenters. The molecule has 1 fully saturated rings. The fourth-order valence-electron chi connectivity index (χ4n) is 4.28. The molecule has 4 rings (SSSR count). The summed E-state index contributed by atoms with van der Waals surface area (Å²) in [7, 11) is -3.47. The average molecular weight is 375 g/mol. The highest BCUT2D eigenvalue weighted by molar-refractivity contribution is 7.89. The van der Waals surface area contributed by atoms with Gasteiger partial charge in [0.25, 0.3) is 0 Å². The van der Waals surface area contributed by atoms with Crippen molar-refractivity contribution in [2.75, 3.05) is 26.2 Å². The average Bonchev–Trinajstić information content (AvgIpc) is 3.16. The molecule has 140 valence electrons. The van der Waals surface area contributed by atoms with E-state index in [1.807, 2.05) is 17.0 Å². The molecular formula is C20H26N2O3S. The molecule has 0 aromatic heterocycles. The molecule has 1 atom stereocenters. The standard InChI is InChI=1S/C20H26N2O3S/c23-20(17-5-2-1-3-6-17)21-11-13-22(14-12-21)26(24,25)19-10-9-16-7-4-8-18(16)15-19/h1-2,9-10,15,17H,3-8,11-14H2. The zero-order valence-corrected chi connectivity index (χ0v) is 15.9. The predicted molar refractivity (Wildman–Crippen MR) is 100 cm³/mol. The van der Waals surface area contributed by atoms with E-state index in [2.05, 4.69) is 12.2 Å². The second-order valence-electron chi connectivity index (χ2n) is 7.49. The largest absolute Gasteiger partial charge is 0.340 e. The summed E-state index contributed by atoms with van der Waals surface area (Å²) in [6.07, 6.45) is 10.0. The maximum Gasteiger partial charge on any atom is 0.243 e. The molecule has 5 nitrogen and oxygen atoms in total. The summed E-state index contributed by atoms with van der Waals surface area (Å²) in [6, 6.07) is 5.56. The van der Waals surface area contributed by atoms with Gasteiger partial charge in [-0.15, -0.1) is 0 Å². The van der Waals surface area contributed by atoms with Gasteiger partial charge in [0.05, 0.1) is 4.90 Å². The Balaban J connectivity index is 1.42. The third-order valence-corrected chi connectivity index (χ3v) is 7.77. The van der Waals surface area contributed by atoms with E-state index in [1.165, 1.54) is 15.4 Å². The van der Waals surface area contributed by atoms with E-state index in [-0.39, 0.29) is 11.8 Å². The fraction of sp³-hybridized carbons (Fsp3) is 0.550. The summed E-state index contributed by atoms with van der Waals surface area (Å²) >= 11 is 0. The van der Waals surface area contributed by atoms with E-state index in [0.29, 0.717) is 31.1 Å². The first-order valence-corrected chi connectivity index (χ1v) is 11.1. The van der Waals surface area contributed by atoms with Crippen molar-refractivity contribution in [1.82, 2.24) is 9.21 Å². The Bertz CT molecular complexity index is 823. The van der Waals surface area contributed by atoms with Gasteiger partial charge < -0.3 is 4.90 Å². The summed E-state index contributed by atoms with van der Waals surface area (Å²) < 4.78 is 27.5. The molecule has 1 amide bonds. The Morgan fingerprint density at radius 2 is 1.77 bits per heavy atom. The minimum absolute atomic E-state index is 0.0693. The first kappa shape index (κ1) is 17.7. The van der Waals surface area contributed by atoms with Gasteiger partial charge >= 0.3 is 0 Å². The normalized spacial score (nSPS) is 23.8. The Kier molecular flexibility index (Phi) is 4.88. The van der Waals surface area contributed by atoms with Gasteiger partial charge in [0, 0.05) is 32.1 Å². The van der Waals surface area contributed by atoms with Gasteiger partial charge in [0.1, 0.15) is 0 Å². The van der Waals surface area contributed by atoms with Gasteiger partial charge in [-0.2, -0.15) is 4.31 Å². The number of sulfonamides is 1. The maximum absolute atomic E-state index is 13.0. The van der Waals surface area contributed by atoms with Crippen molar-refractivity contribution in [2.24, 2.45) is 5.92 Å². The lowest BCUT2D eigenvalue weighted by Gasteiger charge is -2.36. The van der Waals surface area contributed by atoms with Crippen LogP contribution < -0.4 is 0 Å². The highest BCUT2D eigenvalue weighted by atomic mass is 32.2. The number of benzene rings is 1. The van der Waals surface area contributed by atoms with Crippen molar-refractivity contribution in [3.8, 4) is 0 Å². The Labute approximate surface area is 155 Å². The highest BCUT2D eigenvalue weighted by Gasteiger charge is 2.32. The van der Waals surface area contributed by atoms with Crippen LogP contribution in [0, 0.1) is 5.92 Å². The monoisotopic (exact) mass is 374 g/mol. The van der Waals surface area contributed by atoms with Crippen LogP contribution in [-0.4, -0.2) is 49.7 Å². The van der Waals surface area contributed by atoms with Crippen molar-refractivity contribution >= 4 is 15.9 Å². The van der Waals surface area contributed by atoms with Gasteiger partial charge in [-0.1, -0.05) is 18.2 Å². The quantitative estimate of drug-likeness (QED) is 0.763. The molecule has 1 saturated heterocycles. The summed E-state index contributed by atoms with van der Waals surface area (Å²) in [5.74, 6) is 0.254. The van der Waals surface area contributed by atoms with Crippen LogP contribution in [0.5, 0.6) is 0 Å². The van der Waals surface area contributed by atoms with E-state index >= 15 is 0 Å². The van der Waals surface area contributed by atoms with Gasteiger partial charge in [0.15, 0.2) is 0 Å². The van der Waals surface area contributed by atoms with Crippen LogP contribution in [0.3, 0.4) is 0 Å². The number of amides is 1. The van der Waals surface area contributed by atoms with E-state index in [0.717, 1.165) is 38.5 Å². The molecule has 2 aliphatic carbocycles.